The van der Waals surface area contributed by atoms with E-state index in [1.54, 1.807) is 0 Å². The third-order valence-corrected chi connectivity index (χ3v) is 5.79. The lowest BCUT2D eigenvalue weighted by atomic mass is 9.94. The fraction of sp³-hybridized carbons (Fsp3) is 0.417. The molecule has 1 saturated heterocycles. The van der Waals surface area contributed by atoms with E-state index in [-0.39, 0.29) is 17.7 Å². The number of benzene rings is 2. The van der Waals surface area contributed by atoms with Gasteiger partial charge in [0.25, 0.3) is 5.91 Å². The summed E-state index contributed by atoms with van der Waals surface area (Å²) < 4.78 is 0. The SMILES string of the molecule is CCN(Cc1ccccc1)C(=O)C1CCN(C(=O)c2ccc(C)c(C)c2)CC1. The van der Waals surface area contributed by atoms with Crippen LogP contribution in [0.2, 0.25) is 0 Å². The average molecular weight is 379 g/mol. The molecule has 0 spiro atoms. The summed E-state index contributed by atoms with van der Waals surface area (Å²) in [5.74, 6) is 0.294. The summed E-state index contributed by atoms with van der Waals surface area (Å²) in [6.07, 6.45) is 1.47. The molecule has 3 rings (SSSR count). The molecule has 0 bridgehead atoms. The molecule has 148 valence electrons. The van der Waals surface area contributed by atoms with Gasteiger partial charge in [0.1, 0.15) is 0 Å². The lowest BCUT2D eigenvalue weighted by Crippen LogP contribution is -2.44. The Balaban J connectivity index is 1.58. The lowest BCUT2D eigenvalue weighted by Gasteiger charge is -2.34. The van der Waals surface area contributed by atoms with Gasteiger partial charge in [-0.25, -0.2) is 0 Å². The molecule has 4 nitrogen and oxygen atoms in total. The van der Waals surface area contributed by atoms with Crippen LogP contribution in [-0.2, 0) is 11.3 Å². The summed E-state index contributed by atoms with van der Waals surface area (Å²) >= 11 is 0. The normalized spacial score (nSPS) is 14.8. The van der Waals surface area contributed by atoms with Crippen LogP contribution in [0.25, 0.3) is 0 Å². The Morgan fingerprint density at radius 1 is 1.00 bits per heavy atom. The molecule has 0 N–H and O–H groups in total. The molecule has 2 aromatic carbocycles. The second-order valence-corrected chi connectivity index (χ2v) is 7.70. The van der Waals surface area contributed by atoms with Crippen molar-refractivity contribution in [2.24, 2.45) is 5.92 Å². The third-order valence-electron chi connectivity index (χ3n) is 5.79. The molecule has 0 atom stereocenters. The van der Waals surface area contributed by atoms with Gasteiger partial charge in [0.2, 0.25) is 5.91 Å². The van der Waals surface area contributed by atoms with Gasteiger partial charge < -0.3 is 9.80 Å². The summed E-state index contributed by atoms with van der Waals surface area (Å²) in [5.41, 5.74) is 4.22. The summed E-state index contributed by atoms with van der Waals surface area (Å²) in [5, 5.41) is 0. The third kappa shape index (κ3) is 4.61. The van der Waals surface area contributed by atoms with Gasteiger partial charge in [0.15, 0.2) is 0 Å². The minimum absolute atomic E-state index is 0.00691. The van der Waals surface area contributed by atoms with Crippen molar-refractivity contribution in [1.82, 2.24) is 9.80 Å². The van der Waals surface area contributed by atoms with E-state index in [2.05, 4.69) is 19.1 Å². The minimum Gasteiger partial charge on any atom is -0.339 e. The number of nitrogens with zero attached hydrogens (tertiary/aromatic N) is 2. The minimum atomic E-state index is 0.00691. The van der Waals surface area contributed by atoms with Crippen LogP contribution in [-0.4, -0.2) is 41.2 Å². The zero-order chi connectivity index (χ0) is 20.1. The number of carbonyl (C=O) groups excluding carboxylic acids is 2. The second-order valence-electron chi connectivity index (χ2n) is 7.70. The van der Waals surface area contributed by atoms with Crippen LogP contribution in [0, 0.1) is 19.8 Å². The highest BCUT2D eigenvalue weighted by atomic mass is 16.2. The van der Waals surface area contributed by atoms with E-state index in [0.29, 0.717) is 26.2 Å². The molecule has 2 aromatic rings. The van der Waals surface area contributed by atoms with Crippen molar-refractivity contribution in [3.05, 3.63) is 70.8 Å². The summed E-state index contributed by atoms with van der Waals surface area (Å²) in [6.45, 7) is 8.75. The van der Waals surface area contributed by atoms with Gasteiger partial charge in [-0.1, -0.05) is 36.4 Å². The molecular weight excluding hydrogens is 348 g/mol. The molecule has 1 aliphatic rings. The Bertz CT molecular complexity index is 824. The zero-order valence-corrected chi connectivity index (χ0v) is 17.1. The van der Waals surface area contributed by atoms with E-state index in [1.165, 1.54) is 5.56 Å². The molecule has 0 radical (unpaired) electrons. The molecular formula is C24H30N2O2. The number of hydrogen-bond donors (Lipinski definition) is 0. The van der Waals surface area contributed by atoms with Crippen LogP contribution in [0.15, 0.2) is 48.5 Å². The van der Waals surface area contributed by atoms with Crippen molar-refractivity contribution in [3.63, 3.8) is 0 Å². The van der Waals surface area contributed by atoms with Crippen LogP contribution < -0.4 is 0 Å². The Morgan fingerprint density at radius 3 is 2.29 bits per heavy atom. The number of hydrogen-bond acceptors (Lipinski definition) is 2. The van der Waals surface area contributed by atoms with E-state index in [1.807, 2.05) is 60.0 Å². The van der Waals surface area contributed by atoms with E-state index >= 15 is 0 Å². The Labute approximate surface area is 168 Å². The number of likely N-dealkylation sites (tertiary alicyclic amines) is 1. The molecule has 0 aliphatic carbocycles. The van der Waals surface area contributed by atoms with Crippen molar-refractivity contribution >= 4 is 11.8 Å². The van der Waals surface area contributed by atoms with E-state index < -0.39 is 0 Å². The average Bonchev–Trinajstić information content (AvgIpc) is 2.74. The van der Waals surface area contributed by atoms with Crippen molar-refractivity contribution in [1.29, 1.82) is 0 Å². The van der Waals surface area contributed by atoms with Crippen molar-refractivity contribution in [2.45, 2.75) is 40.2 Å². The summed E-state index contributed by atoms with van der Waals surface area (Å²) in [6, 6.07) is 16.0. The van der Waals surface area contributed by atoms with Crippen LogP contribution in [0.4, 0.5) is 0 Å². The number of amides is 2. The maximum Gasteiger partial charge on any atom is 0.253 e. The first-order valence-corrected chi connectivity index (χ1v) is 10.2. The topological polar surface area (TPSA) is 40.6 Å². The summed E-state index contributed by atoms with van der Waals surface area (Å²) in [4.78, 5) is 29.6. The molecule has 0 saturated carbocycles. The molecule has 0 aromatic heterocycles. The van der Waals surface area contributed by atoms with Gasteiger partial charge in [-0.05, 0) is 62.4 Å². The van der Waals surface area contributed by atoms with Gasteiger partial charge in [0.05, 0.1) is 0 Å². The Morgan fingerprint density at radius 2 is 1.68 bits per heavy atom. The van der Waals surface area contributed by atoms with E-state index in [9.17, 15) is 9.59 Å². The fourth-order valence-corrected chi connectivity index (χ4v) is 3.79. The van der Waals surface area contributed by atoms with Crippen molar-refractivity contribution in [3.8, 4) is 0 Å². The molecule has 0 unspecified atom stereocenters. The first kappa shape index (κ1) is 20.1. The molecule has 1 heterocycles. The molecule has 4 heteroatoms. The zero-order valence-electron chi connectivity index (χ0n) is 17.1. The molecule has 2 amide bonds. The van der Waals surface area contributed by atoms with Gasteiger partial charge in [-0.3, -0.25) is 9.59 Å². The smallest absolute Gasteiger partial charge is 0.253 e. The van der Waals surface area contributed by atoms with Crippen LogP contribution in [0.5, 0.6) is 0 Å². The van der Waals surface area contributed by atoms with Gasteiger partial charge >= 0.3 is 0 Å². The van der Waals surface area contributed by atoms with Crippen molar-refractivity contribution < 1.29 is 9.59 Å². The molecule has 1 fully saturated rings. The van der Waals surface area contributed by atoms with Gasteiger partial charge in [-0.15, -0.1) is 0 Å². The Kier molecular flexibility index (Phi) is 6.50. The predicted molar refractivity (Wildman–Crippen MR) is 112 cm³/mol. The van der Waals surface area contributed by atoms with Gasteiger partial charge in [0, 0.05) is 37.7 Å². The number of rotatable bonds is 5. The molecule has 1 aliphatic heterocycles. The highest BCUT2D eigenvalue weighted by Crippen LogP contribution is 2.23. The maximum atomic E-state index is 13.0. The van der Waals surface area contributed by atoms with Crippen molar-refractivity contribution in [2.75, 3.05) is 19.6 Å². The highest BCUT2D eigenvalue weighted by Gasteiger charge is 2.30. The number of piperidine rings is 1. The van der Waals surface area contributed by atoms with Crippen LogP contribution >= 0.6 is 0 Å². The first-order chi connectivity index (χ1) is 13.5. The van der Waals surface area contributed by atoms with Gasteiger partial charge in [-0.2, -0.15) is 0 Å². The van der Waals surface area contributed by atoms with E-state index in [0.717, 1.165) is 29.5 Å². The maximum absolute atomic E-state index is 13.0. The first-order valence-electron chi connectivity index (χ1n) is 10.2. The van der Waals surface area contributed by atoms with Crippen LogP contribution in [0.1, 0.15) is 46.8 Å². The standard InChI is InChI=1S/C24H30N2O2/c1-4-25(17-20-8-6-5-7-9-20)23(27)21-12-14-26(15-13-21)24(28)22-11-10-18(2)19(3)16-22/h5-11,16,21H,4,12-15,17H2,1-3H3. The monoisotopic (exact) mass is 378 g/mol. The van der Waals surface area contributed by atoms with E-state index in [4.69, 9.17) is 0 Å². The second kappa shape index (κ2) is 9.05. The number of aryl methyl sites for hydroxylation is 2. The summed E-state index contributed by atoms with van der Waals surface area (Å²) in [7, 11) is 0. The number of carbonyl (C=O) groups is 2. The highest BCUT2D eigenvalue weighted by molar-refractivity contribution is 5.94. The molecule has 28 heavy (non-hydrogen) atoms. The largest absolute Gasteiger partial charge is 0.339 e. The fourth-order valence-electron chi connectivity index (χ4n) is 3.79. The van der Waals surface area contributed by atoms with Crippen LogP contribution in [0.3, 0.4) is 0 Å². The quantitative estimate of drug-likeness (QED) is 0.782. The Hall–Kier alpha value is -2.62. The lowest BCUT2D eigenvalue weighted by molar-refractivity contribution is -0.137. The predicted octanol–water partition coefficient (Wildman–Crippen LogP) is 4.20.